The lowest BCUT2D eigenvalue weighted by Crippen LogP contribution is -2.21. The molecule has 5 nitrogen and oxygen atoms in total. The summed E-state index contributed by atoms with van der Waals surface area (Å²) in [6.07, 6.45) is 1.79. The van der Waals surface area contributed by atoms with Crippen molar-refractivity contribution in [3.63, 3.8) is 0 Å². The number of H-pyrrole nitrogens is 1. The van der Waals surface area contributed by atoms with Gasteiger partial charge in [0.15, 0.2) is 5.78 Å². The maximum absolute atomic E-state index is 13.9. The summed E-state index contributed by atoms with van der Waals surface area (Å²) in [6, 6.07) is 8.00. The summed E-state index contributed by atoms with van der Waals surface area (Å²) < 4.78 is 13.9. The molecule has 0 atom stereocenters. The zero-order valence-corrected chi connectivity index (χ0v) is 14.6. The third kappa shape index (κ3) is 3.69. The molecule has 0 fully saturated rings. The van der Waals surface area contributed by atoms with Crippen molar-refractivity contribution in [3.05, 3.63) is 47.9 Å². The number of Topliss-reactive ketones (excluding diaryl/α,β-unsaturated/α-hetero) is 1. The number of aromatic nitrogens is 2. The van der Waals surface area contributed by atoms with Crippen LogP contribution in [0.2, 0.25) is 0 Å². The fourth-order valence-corrected chi connectivity index (χ4v) is 2.80. The molecule has 0 unspecified atom stereocenters. The van der Waals surface area contributed by atoms with Gasteiger partial charge in [0.25, 0.3) is 0 Å². The van der Waals surface area contributed by atoms with Crippen molar-refractivity contribution in [2.75, 3.05) is 32.5 Å². The van der Waals surface area contributed by atoms with Gasteiger partial charge in [-0.3, -0.25) is 4.79 Å². The van der Waals surface area contributed by atoms with Crippen molar-refractivity contribution in [2.24, 2.45) is 0 Å². The summed E-state index contributed by atoms with van der Waals surface area (Å²) in [7, 11) is 4.00. The minimum Gasteiger partial charge on any atom is -0.369 e. The minimum absolute atomic E-state index is 0.0994. The number of rotatable bonds is 6. The van der Waals surface area contributed by atoms with Crippen molar-refractivity contribution in [1.29, 1.82) is 0 Å². The Morgan fingerprint density at radius 3 is 2.76 bits per heavy atom. The fourth-order valence-electron chi connectivity index (χ4n) is 2.80. The normalized spacial score (nSPS) is 11.2. The number of benzene rings is 1. The van der Waals surface area contributed by atoms with Gasteiger partial charge in [-0.25, -0.2) is 9.37 Å². The van der Waals surface area contributed by atoms with E-state index >= 15 is 0 Å². The van der Waals surface area contributed by atoms with Gasteiger partial charge in [0, 0.05) is 30.2 Å². The van der Waals surface area contributed by atoms with E-state index in [9.17, 15) is 9.18 Å². The van der Waals surface area contributed by atoms with Gasteiger partial charge in [0.1, 0.15) is 17.3 Å². The van der Waals surface area contributed by atoms with Crippen LogP contribution in [0.25, 0.3) is 22.2 Å². The van der Waals surface area contributed by atoms with Crippen LogP contribution >= 0.6 is 0 Å². The van der Waals surface area contributed by atoms with Crippen LogP contribution in [0.15, 0.2) is 36.5 Å². The van der Waals surface area contributed by atoms with Gasteiger partial charge in [0.2, 0.25) is 0 Å². The molecule has 3 rings (SSSR count). The second-order valence-corrected chi connectivity index (χ2v) is 6.27. The van der Waals surface area contributed by atoms with Gasteiger partial charge in [-0.15, -0.1) is 0 Å². The number of anilines is 1. The quantitative estimate of drug-likeness (QED) is 0.674. The summed E-state index contributed by atoms with van der Waals surface area (Å²) >= 11 is 0. The van der Waals surface area contributed by atoms with E-state index in [1.54, 1.807) is 6.20 Å². The maximum Gasteiger partial charge on any atom is 0.160 e. The molecule has 0 aliphatic rings. The average Bonchev–Trinajstić information content (AvgIpc) is 3.01. The highest BCUT2D eigenvalue weighted by Crippen LogP contribution is 2.33. The van der Waals surface area contributed by atoms with Crippen molar-refractivity contribution < 1.29 is 9.18 Å². The zero-order chi connectivity index (χ0) is 18.0. The van der Waals surface area contributed by atoms with E-state index < -0.39 is 0 Å². The first-order chi connectivity index (χ1) is 12.0. The summed E-state index contributed by atoms with van der Waals surface area (Å²) in [4.78, 5) is 21.7. The number of fused-ring (bicyclic) bond motifs is 1. The molecule has 25 heavy (non-hydrogen) atoms. The number of ketones is 1. The molecule has 0 aliphatic heterocycles. The van der Waals surface area contributed by atoms with Crippen LogP contribution in [0, 0.1) is 5.82 Å². The smallest absolute Gasteiger partial charge is 0.160 e. The topological polar surface area (TPSA) is 61.0 Å². The lowest BCUT2D eigenvalue weighted by Gasteiger charge is -2.14. The number of pyridine rings is 1. The van der Waals surface area contributed by atoms with Crippen LogP contribution in [-0.2, 0) is 0 Å². The van der Waals surface area contributed by atoms with Gasteiger partial charge in [0.05, 0.1) is 0 Å². The summed E-state index contributed by atoms with van der Waals surface area (Å²) in [5, 5.41) is 4.13. The van der Waals surface area contributed by atoms with E-state index in [0.717, 1.165) is 24.0 Å². The Morgan fingerprint density at radius 1 is 1.24 bits per heavy atom. The number of halogens is 1. The molecule has 130 valence electrons. The lowest BCUT2D eigenvalue weighted by molar-refractivity contribution is 0.101. The summed E-state index contributed by atoms with van der Waals surface area (Å²) in [6.45, 7) is 3.08. The van der Waals surface area contributed by atoms with Crippen molar-refractivity contribution >= 4 is 22.6 Å². The summed E-state index contributed by atoms with van der Waals surface area (Å²) in [5.41, 5.74) is 2.55. The lowest BCUT2D eigenvalue weighted by atomic mass is 9.96. The van der Waals surface area contributed by atoms with Crippen LogP contribution in [-0.4, -0.2) is 47.8 Å². The number of likely N-dealkylation sites (N-methyl/N-ethyl adjacent to an activating group) is 1. The fraction of sp³-hybridized carbons (Fsp3) is 0.263. The third-order valence-electron chi connectivity index (χ3n) is 4.04. The Hall–Kier alpha value is -2.73. The van der Waals surface area contributed by atoms with E-state index in [0.29, 0.717) is 22.6 Å². The van der Waals surface area contributed by atoms with E-state index in [4.69, 9.17) is 0 Å². The van der Waals surface area contributed by atoms with Crippen LogP contribution in [0.1, 0.15) is 17.3 Å². The number of nitrogens with zero attached hydrogens (tertiary/aromatic N) is 2. The van der Waals surface area contributed by atoms with Crippen molar-refractivity contribution in [2.45, 2.75) is 6.92 Å². The molecule has 0 saturated heterocycles. The molecule has 2 N–H and O–H groups in total. The maximum atomic E-state index is 13.9. The largest absolute Gasteiger partial charge is 0.369 e. The van der Waals surface area contributed by atoms with Crippen LogP contribution in [0.4, 0.5) is 10.2 Å². The predicted octanol–water partition coefficient (Wildman–Crippen LogP) is 3.55. The number of hydrogen-bond donors (Lipinski definition) is 2. The number of hydrogen-bond acceptors (Lipinski definition) is 4. The van der Waals surface area contributed by atoms with Crippen molar-refractivity contribution in [3.8, 4) is 11.1 Å². The van der Waals surface area contributed by atoms with Gasteiger partial charge < -0.3 is 15.2 Å². The monoisotopic (exact) mass is 340 g/mol. The molecular formula is C19H21FN4O. The van der Waals surface area contributed by atoms with Gasteiger partial charge in [-0.1, -0.05) is 0 Å². The predicted molar refractivity (Wildman–Crippen MR) is 98.5 cm³/mol. The number of aromatic amines is 1. The molecule has 0 saturated carbocycles. The molecule has 0 bridgehead atoms. The number of carbonyl (C=O) groups is 1. The standard InChI is InChI=1S/C19H21FN4O/c1-12(25)14-5-4-13(20)10-16(14)17-11-18(21-8-9-24(2)3)23-19-15(17)6-7-22-19/h4-7,10-11H,8-9H2,1-3H3,(H2,21,22,23). The molecule has 0 spiro atoms. The Bertz CT molecular complexity index is 917. The Kier molecular flexibility index (Phi) is 4.81. The van der Waals surface area contributed by atoms with E-state index in [1.165, 1.54) is 25.1 Å². The Balaban J connectivity index is 2.11. The molecule has 0 radical (unpaired) electrons. The average molecular weight is 340 g/mol. The van der Waals surface area contributed by atoms with E-state index in [1.807, 2.05) is 26.2 Å². The highest BCUT2D eigenvalue weighted by molar-refractivity contribution is 6.05. The molecule has 2 aromatic heterocycles. The third-order valence-corrected chi connectivity index (χ3v) is 4.04. The highest BCUT2D eigenvalue weighted by atomic mass is 19.1. The highest BCUT2D eigenvalue weighted by Gasteiger charge is 2.15. The van der Waals surface area contributed by atoms with Gasteiger partial charge >= 0.3 is 0 Å². The van der Waals surface area contributed by atoms with Gasteiger partial charge in [-0.2, -0.15) is 0 Å². The summed E-state index contributed by atoms with van der Waals surface area (Å²) in [5.74, 6) is 0.214. The Morgan fingerprint density at radius 2 is 2.04 bits per heavy atom. The number of carbonyl (C=O) groups excluding carboxylic acids is 1. The number of nitrogens with one attached hydrogen (secondary N) is 2. The molecule has 1 aromatic carbocycles. The first kappa shape index (κ1) is 17.1. The zero-order valence-electron chi connectivity index (χ0n) is 14.6. The van der Waals surface area contributed by atoms with Crippen LogP contribution in [0.5, 0.6) is 0 Å². The molecule has 6 heteroatoms. The first-order valence-corrected chi connectivity index (χ1v) is 8.13. The molecule has 2 heterocycles. The molecular weight excluding hydrogens is 319 g/mol. The van der Waals surface area contributed by atoms with Crippen molar-refractivity contribution in [1.82, 2.24) is 14.9 Å². The second-order valence-electron chi connectivity index (χ2n) is 6.27. The molecule has 3 aromatic rings. The minimum atomic E-state index is -0.373. The molecule has 0 amide bonds. The first-order valence-electron chi connectivity index (χ1n) is 8.13. The van der Waals surface area contributed by atoms with Gasteiger partial charge in [-0.05, 0) is 62.5 Å². The van der Waals surface area contributed by atoms with E-state index in [2.05, 4.69) is 20.2 Å². The SMILES string of the molecule is CC(=O)c1ccc(F)cc1-c1cc(NCCN(C)C)nc2[nH]ccc12. The Labute approximate surface area is 145 Å². The van der Waals surface area contributed by atoms with E-state index in [-0.39, 0.29) is 11.6 Å². The van der Waals surface area contributed by atoms with Crippen LogP contribution < -0.4 is 5.32 Å². The molecule has 0 aliphatic carbocycles. The second kappa shape index (κ2) is 7.03. The van der Waals surface area contributed by atoms with Crippen LogP contribution in [0.3, 0.4) is 0 Å².